The zero-order chi connectivity index (χ0) is 14.7. The van der Waals surface area contributed by atoms with Crippen LogP contribution in [0.2, 0.25) is 0 Å². The lowest BCUT2D eigenvalue weighted by Gasteiger charge is -2.16. The van der Waals surface area contributed by atoms with Gasteiger partial charge in [-0.25, -0.2) is 0 Å². The fourth-order valence-electron chi connectivity index (χ4n) is 2.32. The maximum Gasteiger partial charge on any atom is 0.320 e. The van der Waals surface area contributed by atoms with Gasteiger partial charge in [-0.2, -0.15) is 0 Å². The van der Waals surface area contributed by atoms with Crippen LogP contribution in [0.3, 0.4) is 0 Å². The first-order valence-electron chi connectivity index (χ1n) is 6.74. The predicted molar refractivity (Wildman–Crippen MR) is 75.3 cm³/mol. The van der Waals surface area contributed by atoms with E-state index < -0.39 is 12.0 Å². The molecule has 1 aliphatic carbocycles. The van der Waals surface area contributed by atoms with Gasteiger partial charge in [0.2, 0.25) is 0 Å². The summed E-state index contributed by atoms with van der Waals surface area (Å²) in [6.07, 6.45) is 1.99. The van der Waals surface area contributed by atoms with Gasteiger partial charge in [0.15, 0.2) is 11.5 Å². The number of aryl methyl sites for hydroxylation is 1. The highest BCUT2D eigenvalue weighted by atomic mass is 16.5. The summed E-state index contributed by atoms with van der Waals surface area (Å²) in [7, 11) is 3.19. The summed E-state index contributed by atoms with van der Waals surface area (Å²) < 4.78 is 10.5. The molecule has 0 heterocycles. The van der Waals surface area contributed by atoms with Crippen LogP contribution < -0.4 is 14.8 Å². The molecular weight excluding hydrogens is 258 g/mol. The van der Waals surface area contributed by atoms with E-state index in [-0.39, 0.29) is 5.92 Å². The van der Waals surface area contributed by atoms with E-state index in [1.165, 1.54) is 0 Å². The lowest BCUT2D eigenvalue weighted by Crippen LogP contribution is -2.38. The fraction of sp³-hybridized carbons (Fsp3) is 0.533. The summed E-state index contributed by atoms with van der Waals surface area (Å²) in [5.74, 6) is 0.845. The van der Waals surface area contributed by atoms with Crippen molar-refractivity contribution in [3.8, 4) is 11.5 Å². The second-order valence-electron chi connectivity index (χ2n) is 5.17. The Balaban J connectivity index is 2.10. The molecule has 0 amide bonds. The molecule has 5 nitrogen and oxygen atoms in total. The molecule has 0 aliphatic heterocycles. The number of hydrogen-bond donors (Lipinski definition) is 2. The molecule has 1 aromatic carbocycles. The van der Waals surface area contributed by atoms with Crippen LogP contribution in [0.1, 0.15) is 24.0 Å². The summed E-state index contributed by atoms with van der Waals surface area (Å²) >= 11 is 0. The summed E-state index contributed by atoms with van der Waals surface area (Å²) in [4.78, 5) is 11.2. The number of carbonyl (C=O) groups is 1. The number of carboxylic acids is 1. The Labute approximate surface area is 118 Å². The van der Waals surface area contributed by atoms with E-state index in [0.29, 0.717) is 18.0 Å². The normalized spacial score (nSPS) is 15.8. The second kappa shape index (κ2) is 6.13. The van der Waals surface area contributed by atoms with Crippen molar-refractivity contribution >= 4 is 5.97 Å². The van der Waals surface area contributed by atoms with E-state index in [2.05, 4.69) is 5.32 Å². The molecule has 1 atom stereocenters. The minimum absolute atomic E-state index is 0.271. The number of benzene rings is 1. The first kappa shape index (κ1) is 14.7. The number of methoxy groups -OCH3 is 2. The molecule has 1 unspecified atom stereocenters. The molecule has 0 radical (unpaired) electrons. The third-order valence-corrected chi connectivity index (χ3v) is 3.71. The van der Waals surface area contributed by atoms with Gasteiger partial charge in [-0.3, -0.25) is 4.79 Å². The number of nitrogens with one attached hydrogen (secondary N) is 1. The maximum atomic E-state index is 11.2. The molecular formula is C15H21NO4. The van der Waals surface area contributed by atoms with Crippen LogP contribution in [0.25, 0.3) is 0 Å². The van der Waals surface area contributed by atoms with Crippen LogP contribution in [0.15, 0.2) is 12.1 Å². The Bertz CT molecular complexity index is 497. The Morgan fingerprint density at radius 1 is 1.35 bits per heavy atom. The van der Waals surface area contributed by atoms with Crippen LogP contribution in [0, 0.1) is 12.8 Å². The average molecular weight is 279 g/mol. The molecule has 1 fully saturated rings. The van der Waals surface area contributed by atoms with Crippen LogP contribution in [0.4, 0.5) is 0 Å². The van der Waals surface area contributed by atoms with Crippen molar-refractivity contribution in [1.29, 1.82) is 0 Å². The predicted octanol–water partition coefficient (Wildman–Crippen LogP) is 1.97. The molecule has 1 saturated carbocycles. The Kier molecular flexibility index (Phi) is 4.49. The molecule has 0 spiro atoms. The van der Waals surface area contributed by atoms with Gasteiger partial charge < -0.3 is 19.9 Å². The van der Waals surface area contributed by atoms with Gasteiger partial charge in [-0.1, -0.05) is 0 Å². The van der Waals surface area contributed by atoms with Crippen molar-refractivity contribution in [1.82, 2.24) is 5.32 Å². The highest BCUT2D eigenvalue weighted by molar-refractivity contribution is 5.74. The van der Waals surface area contributed by atoms with Gasteiger partial charge >= 0.3 is 5.97 Å². The molecule has 2 N–H and O–H groups in total. The maximum absolute atomic E-state index is 11.2. The third kappa shape index (κ3) is 3.22. The van der Waals surface area contributed by atoms with Crippen molar-refractivity contribution in [3.63, 3.8) is 0 Å². The van der Waals surface area contributed by atoms with Crippen molar-refractivity contribution in [2.45, 2.75) is 32.4 Å². The van der Waals surface area contributed by atoms with Crippen molar-refractivity contribution < 1.29 is 19.4 Å². The molecule has 0 aromatic heterocycles. The Hall–Kier alpha value is -1.75. The monoisotopic (exact) mass is 279 g/mol. The molecule has 5 heteroatoms. The molecule has 110 valence electrons. The van der Waals surface area contributed by atoms with Gasteiger partial charge in [0, 0.05) is 6.54 Å². The van der Waals surface area contributed by atoms with E-state index in [9.17, 15) is 9.90 Å². The fourth-order valence-corrected chi connectivity index (χ4v) is 2.32. The molecule has 1 aliphatic rings. The molecule has 0 bridgehead atoms. The van der Waals surface area contributed by atoms with Crippen molar-refractivity contribution in [2.24, 2.45) is 5.92 Å². The van der Waals surface area contributed by atoms with Gasteiger partial charge in [-0.05, 0) is 48.9 Å². The first-order chi connectivity index (χ1) is 9.56. The van der Waals surface area contributed by atoms with Crippen LogP contribution >= 0.6 is 0 Å². The van der Waals surface area contributed by atoms with Gasteiger partial charge in [0.25, 0.3) is 0 Å². The topological polar surface area (TPSA) is 67.8 Å². The van der Waals surface area contributed by atoms with Crippen molar-refractivity contribution in [3.05, 3.63) is 23.3 Å². The lowest BCUT2D eigenvalue weighted by atomic mass is 10.1. The van der Waals surface area contributed by atoms with E-state index >= 15 is 0 Å². The van der Waals surface area contributed by atoms with Crippen molar-refractivity contribution in [2.75, 3.05) is 14.2 Å². The second-order valence-corrected chi connectivity index (χ2v) is 5.17. The van der Waals surface area contributed by atoms with Crippen LogP contribution in [0.5, 0.6) is 11.5 Å². The van der Waals surface area contributed by atoms with E-state index in [1.807, 2.05) is 19.1 Å². The Morgan fingerprint density at radius 3 is 2.45 bits per heavy atom. The number of rotatable bonds is 7. The van der Waals surface area contributed by atoms with Gasteiger partial charge in [-0.15, -0.1) is 0 Å². The Morgan fingerprint density at radius 2 is 1.95 bits per heavy atom. The number of hydrogen-bond acceptors (Lipinski definition) is 4. The minimum atomic E-state index is -0.773. The van der Waals surface area contributed by atoms with E-state index in [0.717, 1.165) is 24.0 Å². The van der Waals surface area contributed by atoms with Crippen LogP contribution in [-0.4, -0.2) is 31.3 Å². The summed E-state index contributed by atoms with van der Waals surface area (Å²) in [5.41, 5.74) is 2.07. The molecule has 1 aromatic rings. The smallest absolute Gasteiger partial charge is 0.320 e. The number of carboxylic acid groups (broad SMARTS) is 1. The van der Waals surface area contributed by atoms with Gasteiger partial charge in [0.05, 0.1) is 14.2 Å². The lowest BCUT2D eigenvalue weighted by molar-refractivity contribution is -0.140. The highest BCUT2D eigenvalue weighted by Crippen LogP contribution is 2.34. The standard InChI is InChI=1S/C15H21NO4/c1-9-6-12(19-2)13(20-3)7-11(9)8-16-14(15(17)18)10-4-5-10/h6-7,10,14,16H,4-5,8H2,1-3H3,(H,17,18). The zero-order valence-corrected chi connectivity index (χ0v) is 12.1. The van der Waals surface area contributed by atoms with E-state index in [4.69, 9.17) is 9.47 Å². The largest absolute Gasteiger partial charge is 0.493 e. The minimum Gasteiger partial charge on any atom is -0.493 e. The third-order valence-electron chi connectivity index (χ3n) is 3.71. The number of ether oxygens (including phenoxy) is 2. The SMILES string of the molecule is COc1cc(C)c(CNC(C(=O)O)C2CC2)cc1OC. The van der Waals surface area contributed by atoms with Crippen LogP contribution in [-0.2, 0) is 11.3 Å². The quantitative estimate of drug-likeness (QED) is 0.798. The zero-order valence-electron chi connectivity index (χ0n) is 12.1. The summed E-state index contributed by atoms with van der Waals surface area (Å²) in [5, 5.41) is 12.3. The first-order valence-corrected chi connectivity index (χ1v) is 6.74. The average Bonchev–Trinajstić information content (AvgIpc) is 3.24. The van der Waals surface area contributed by atoms with Gasteiger partial charge in [0.1, 0.15) is 6.04 Å². The number of aliphatic carboxylic acids is 1. The summed E-state index contributed by atoms with van der Waals surface area (Å²) in [6.45, 7) is 2.49. The van der Waals surface area contributed by atoms with E-state index in [1.54, 1.807) is 14.2 Å². The summed E-state index contributed by atoms with van der Waals surface area (Å²) in [6, 6.07) is 3.35. The molecule has 2 rings (SSSR count). The molecule has 20 heavy (non-hydrogen) atoms. The molecule has 0 saturated heterocycles. The highest BCUT2D eigenvalue weighted by Gasteiger charge is 2.35.